The van der Waals surface area contributed by atoms with E-state index in [-0.39, 0.29) is 5.91 Å². The lowest BCUT2D eigenvalue weighted by Gasteiger charge is -2.27. The molecule has 1 aliphatic heterocycles. The van der Waals surface area contributed by atoms with Gasteiger partial charge >= 0.3 is 0 Å². The Bertz CT molecular complexity index is 244. The summed E-state index contributed by atoms with van der Waals surface area (Å²) in [7, 11) is 0. The first-order valence-electron chi connectivity index (χ1n) is 5.30. The number of hydrogen-bond donors (Lipinski definition) is 1. The monoisotopic (exact) mass is 211 g/mol. The molecule has 0 aromatic carbocycles. The van der Waals surface area contributed by atoms with Gasteiger partial charge in [-0.05, 0) is 6.42 Å². The Morgan fingerprint density at radius 3 is 2.80 bits per heavy atom. The number of nitrogens with one attached hydrogen (secondary N) is 1. The van der Waals surface area contributed by atoms with E-state index in [1.807, 2.05) is 18.0 Å². The molecule has 0 aliphatic carbocycles. The average molecular weight is 211 g/mol. The van der Waals surface area contributed by atoms with Gasteiger partial charge in [0.25, 0.3) is 5.91 Å². The summed E-state index contributed by atoms with van der Waals surface area (Å²) >= 11 is 0. The van der Waals surface area contributed by atoms with Crippen LogP contribution in [-0.2, 0) is 9.53 Å². The van der Waals surface area contributed by atoms with Gasteiger partial charge in [-0.1, -0.05) is 13.3 Å². The van der Waals surface area contributed by atoms with Crippen molar-refractivity contribution in [3.05, 3.63) is 0 Å². The van der Waals surface area contributed by atoms with Crippen LogP contribution in [0.1, 0.15) is 19.8 Å². The molecule has 1 unspecified atom stereocenters. The van der Waals surface area contributed by atoms with Gasteiger partial charge in [-0.25, -0.2) is 5.01 Å². The van der Waals surface area contributed by atoms with Crippen LogP contribution < -0.4 is 5.43 Å². The van der Waals surface area contributed by atoms with Gasteiger partial charge in [-0.2, -0.15) is 5.26 Å². The third-order valence-corrected chi connectivity index (χ3v) is 2.33. The van der Waals surface area contributed by atoms with Gasteiger partial charge < -0.3 is 4.74 Å². The van der Waals surface area contributed by atoms with Gasteiger partial charge in [0.15, 0.2) is 0 Å². The molecule has 1 amide bonds. The van der Waals surface area contributed by atoms with Gasteiger partial charge in [-0.15, -0.1) is 0 Å². The Hall–Kier alpha value is -1.12. The van der Waals surface area contributed by atoms with Gasteiger partial charge in [0.1, 0.15) is 5.92 Å². The largest absolute Gasteiger partial charge is 0.379 e. The molecule has 5 heteroatoms. The molecule has 5 nitrogen and oxygen atoms in total. The summed E-state index contributed by atoms with van der Waals surface area (Å²) in [6.45, 7) is 4.61. The molecule has 0 radical (unpaired) electrons. The van der Waals surface area contributed by atoms with Crippen LogP contribution in [0.5, 0.6) is 0 Å². The molecule has 15 heavy (non-hydrogen) atoms. The number of carbonyl (C=O) groups excluding carboxylic acids is 1. The number of carbonyl (C=O) groups is 1. The van der Waals surface area contributed by atoms with E-state index in [1.54, 1.807) is 0 Å². The molecule has 1 atom stereocenters. The van der Waals surface area contributed by atoms with E-state index in [2.05, 4.69) is 5.43 Å². The van der Waals surface area contributed by atoms with Gasteiger partial charge in [0.2, 0.25) is 0 Å². The van der Waals surface area contributed by atoms with Crippen molar-refractivity contribution in [1.82, 2.24) is 10.4 Å². The highest BCUT2D eigenvalue weighted by Crippen LogP contribution is 2.05. The average Bonchev–Trinajstić information content (AvgIpc) is 2.27. The van der Waals surface area contributed by atoms with Crippen LogP contribution in [0.15, 0.2) is 0 Å². The Balaban J connectivity index is 2.35. The summed E-state index contributed by atoms with van der Waals surface area (Å²) in [4.78, 5) is 11.6. The highest BCUT2D eigenvalue weighted by atomic mass is 16.5. The number of ether oxygens (including phenoxy) is 1. The number of hydrazine groups is 1. The predicted octanol–water partition coefficient (Wildman–Crippen LogP) is 0.290. The summed E-state index contributed by atoms with van der Waals surface area (Å²) in [6, 6.07) is 2.02. The van der Waals surface area contributed by atoms with E-state index < -0.39 is 5.92 Å². The molecule has 1 aliphatic rings. The summed E-state index contributed by atoms with van der Waals surface area (Å²) in [5.41, 5.74) is 2.75. The zero-order valence-electron chi connectivity index (χ0n) is 9.03. The second kappa shape index (κ2) is 6.38. The molecule has 84 valence electrons. The molecule has 1 saturated heterocycles. The van der Waals surface area contributed by atoms with E-state index in [0.717, 1.165) is 6.42 Å². The van der Waals surface area contributed by atoms with Gasteiger partial charge in [0, 0.05) is 13.1 Å². The van der Waals surface area contributed by atoms with Crippen molar-refractivity contribution in [3.63, 3.8) is 0 Å². The first kappa shape index (κ1) is 12.0. The van der Waals surface area contributed by atoms with Crippen molar-refractivity contribution in [2.45, 2.75) is 19.8 Å². The predicted molar refractivity (Wildman–Crippen MR) is 54.5 cm³/mol. The fourth-order valence-electron chi connectivity index (χ4n) is 1.45. The minimum absolute atomic E-state index is 0.193. The summed E-state index contributed by atoms with van der Waals surface area (Å²) in [5.74, 6) is -0.723. The zero-order valence-corrected chi connectivity index (χ0v) is 9.03. The van der Waals surface area contributed by atoms with Gasteiger partial charge in [-0.3, -0.25) is 10.2 Å². The zero-order chi connectivity index (χ0) is 11.1. The lowest BCUT2D eigenvalue weighted by Crippen LogP contribution is -2.50. The highest BCUT2D eigenvalue weighted by molar-refractivity contribution is 5.80. The van der Waals surface area contributed by atoms with Crippen molar-refractivity contribution in [2.24, 2.45) is 5.92 Å². The van der Waals surface area contributed by atoms with Crippen molar-refractivity contribution in [3.8, 4) is 6.07 Å². The summed E-state index contributed by atoms with van der Waals surface area (Å²) < 4.78 is 5.16. The van der Waals surface area contributed by atoms with Crippen LogP contribution in [-0.4, -0.2) is 37.2 Å². The van der Waals surface area contributed by atoms with Crippen LogP contribution in [0.4, 0.5) is 0 Å². The highest BCUT2D eigenvalue weighted by Gasteiger charge is 2.20. The van der Waals surface area contributed by atoms with Crippen LogP contribution in [0.2, 0.25) is 0 Å². The van der Waals surface area contributed by atoms with E-state index >= 15 is 0 Å². The van der Waals surface area contributed by atoms with E-state index in [0.29, 0.717) is 32.7 Å². The molecule has 0 saturated carbocycles. The minimum atomic E-state index is -0.530. The van der Waals surface area contributed by atoms with Crippen LogP contribution in [0, 0.1) is 17.2 Å². The Labute approximate surface area is 90.0 Å². The smallest absolute Gasteiger partial charge is 0.251 e. The fourth-order valence-corrected chi connectivity index (χ4v) is 1.45. The lowest BCUT2D eigenvalue weighted by atomic mass is 10.1. The summed E-state index contributed by atoms with van der Waals surface area (Å²) in [6.07, 6.45) is 1.46. The van der Waals surface area contributed by atoms with Crippen LogP contribution >= 0.6 is 0 Å². The molecular weight excluding hydrogens is 194 g/mol. The first-order valence-corrected chi connectivity index (χ1v) is 5.30. The maximum Gasteiger partial charge on any atom is 0.251 e. The quantitative estimate of drug-likeness (QED) is 0.726. The molecule has 1 N–H and O–H groups in total. The van der Waals surface area contributed by atoms with Crippen LogP contribution in [0.3, 0.4) is 0 Å². The van der Waals surface area contributed by atoms with Crippen molar-refractivity contribution in [2.75, 3.05) is 26.3 Å². The minimum Gasteiger partial charge on any atom is -0.379 e. The summed E-state index contributed by atoms with van der Waals surface area (Å²) in [5, 5.41) is 10.6. The van der Waals surface area contributed by atoms with Gasteiger partial charge in [0.05, 0.1) is 19.3 Å². The number of rotatable bonds is 4. The number of nitriles is 1. The lowest BCUT2D eigenvalue weighted by molar-refractivity contribution is -0.130. The van der Waals surface area contributed by atoms with E-state index in [4.69, 9.17) is 10.00 Å². The topological polar surface area (TPSA) is 65.4 Å². The first-order chi connectivity index (χ1) is 7.27. The third-order valence-electron chi connectivity index (χ3n) is 2.33. The number of hydrogen-bond acceptors (Lipinski definition) is 4. The fraction of sp³-hybridized carbons (Fsp3) is 0.800. The third kappa shape index (κ3) is 3.86. The molecule has 0 spiro atoms. The number of amides is 1. The van der Waals surface area contributed by atoms with Crippen LogP contribution in [0.25, 0.3) is 0 Å². The molecule has 0 aromatic rings. The van der Waals surface area contributed by atoms with Crippen molar-refractivity contribution >= 4 is 5.91 Å². The Kier molecular flexibility index (Phi) is 5.08. The second-order valence-corrected chi connectivity index (χ2v) is 3.55. The number of morpholine rings is 1. The number of nitrogens with zero attached hydrogens (tertiary/aromatic N) is 2. The Morgan fingerprint density at radius 2 is 2.27 bits per heavy atom. The SMILES string of the molecule is CCCC(C#N)C(=O)NN1CCOCC1. The maximum atomic E-state index is 11.6. The molecule has 1 rings (SSSR count). The molecular formula is C10H17N3O2. The second-order valence-electron chi connectivity index (χ2n) is 3.55. The molecule has 1 fully saturated rings. The standard InChI is InChI=1S/C10H17N3O2/c1-2-3-9(8-11)10(14)12-13-4-6-15-7-5-13/h9H,2-7H2,1H3,(H,12,14). The maximum absolute atomic E-state index is 11.6. The normalized spacial score (nSPS) is 19.2. The molecule has 1 heterocycles. The van der Waals surface area contributed by atoms with E-state index in [9.17, 15) is 4.79 Å². The molecule has 0 bridgehead atoms. The van der Waals surface area contributed by atoms with E-state index in [1.165, 1.54) is 0 Å². The Morgan fingerprint density at radius 1 is 1.60 bits per heavy atom. The van der Waals surface area contributed by atoms with Crippen molar-refractivity contribution < 1.29 is 9.53 Å². The van der Waals surface area contributed by atoms with Crippen molar-refractivity contribution in [1.29, 1.82) is 5.26 Å². The molecule has 0 aromatic heterocycles.